The summed E-state index contributed by atoms with van der Waals surface area (Å²) in [6, 6.07) is 4.77. The number of hydrogen-bond donors (Lipinski definition) is 0. The fraction of sp³-hybridized carbons (Fsp3) is 0.273. The van der Waals surface area contributed by atoms with E-state index in [9.17, 15) is 4.39 Å². The first-order valence-corrected chi connectivity index (χ1v) is 4.46. The van der Waals surface area contributed by atoms with Crippen LogP contribution >= 0.6 is 0 Å². The van der Waals surface area contributed by atoms with Crippen molar-refractivity contribution in [1.29, 1.82) is 5.26 Å². The molecule has 0 unspecified atom stereocenters. The minimum atomic E-state index is -0.379. The second-order valence-electron chi connectivity index (χ2n) is 3.39. The Balaban J connectivity index is 3.21. The van der Waals surface area contributed by atoms with Crippen molar-refractivity contribution in [3.8, 4) is 6.07 Å². The number of rotatable bonds is 2. The Labute approximate surface area is 88.5 Å². The van der Waals surface area contributed by atoms with Gasteiger partial charge in [0.2, 0.25) is 0 Å². The molecule has 0 saturated carbocycles. The van der Waals surface area contributed by atoms with E-state index < -0.39 is 0 Å². The zero-order chi connectivity index (χ0) is 11.4. The Hall–Kier alpha value is -1.89. The second-order valence-corrected chi connectivity index (χ2v) is 3.39. The summed E-state index contributed by atoms with van der Waals surface area (Å²) < 4.78 is 13.1. The lowest BCUT2D eigenvalue weighted by Gasteiger charge is -2.05. The van der Waals surface area contributed by atoms with Crippen molar-refractivity contribution in [3.63, 3.8) is 0 Å². The second kappa shape index (κ2) is 4.56. The molecule has 0 aliphatic heterocycles. The average Bonchev–Trinajstić information content (AvgIpc) is 2.19. The molecule has 0 amide bonds. The number of hydrogen-bond acceptors (Lipinski definition) is 2. The smallest absolute Gasteiger partial charge is 0.127 e. The van der Waals surface area contributed by atoms with E-state index in [2.05, 4.69) is 4.99 Å². The van der Waals surface area contributed by atoms with Crippen LogP contribution in [0.3, 0.4) is 0 Å². The lowest BCUT2D eigenvalue weighted by Crippen LogP contribution is -2.07. The number of aliphatic imine (C=N–C) groups is 1. The van der Waals surface area contributed by atoms with Crippen LogP contribution in [0.2, 0.25) is 0 Å². The van der Waals surface area contributed by atoms with Crippen molar-refractivity contribution in [2.45, 2.75) is 6.92 Å². The Kier molecular flexibility index (Phi) is 3.40. The van der Waals surface area contributed by atoms with Gasteiger partial charge in [0.05, 0.1) is 17.6 Å². The predicted octanol–water partition coefficient (Wildman–Crippen LogP) is 2.23. The van der Waals surface area contributed by atoms with Crippen molar-refractivity contribution in [2.75, 3.05) is 14.1 Å². The number of nitrogens with zero attached hydrogens (tertiary/aromatic N) is 3. The van der Waals surface area contributed by atoms with Crippen molar-refractivity contribution >= 4 is 12.0 Å². The lowest BCUT2D eigenvalue weighted by molar-refractivity contribution is 0.618. The maximum atomic E-state index is 13.1. The number of nitriles is 1. The van der Waals surface area contributed by atoms with Crippen LogP contribution < -0.4 is 0 Å². The van der Waals surface area contributed by atoms with Gasteiger partial charge in [0.25, 0.3) is 0 Å². The fourth-order valence-corrected chi connectivity index (χ4v) is 1.10. The van der Waals surface area contributed by atoms with E-state index >= 15 is 0 Å². The molecular formula is C11H12FN3. The average molecular weight is 205 g/mol. The van der Waals surface area contributed by atoms with Gasteiger partial charge in [0, 0.05) is 19.7 Å². The van der Waals surface area contributed by atoms with Crippen LogP contribution in [0.5, 0.6) is 0 Å². The Morgan fingerprint density at radius 1 is 1.47 bits per heavy atom. The van der Waals surface area contributed by atoms with Crippen molar-refractivity contribution in [3.05, 3.63) is 29.1 Å². The SMILES string of the molecule is Cc1c(F)ccc(N=CN(C)C)c1C#N. The third-order valence-electron chi connectivity index (χ3n) is 1.92. The maximum absolute atomic E-state index is 13.1. The van der Waals surface area contributed by atoms with Gasteiger partial charge in [0.15, 0.2) is 0 Å². The molecule has 0 bridgehead atoms. The molecule has 1 rings (SSSR count). The molecule has 0 spiro atoms. The summed E-state index contributed by atoms with van der Waals surface area (Å²) in [6.45, 7) is 1.57. The molecule has 4 heteroatoms. The first-order valence-electron chi connectivity index (χ1n) is 4.46. The zero-order valence-electron chi connectivity index (χ0n) is 8.95. The molecule has 0 aliphatic rings. The number of halogens is 1. The predicted molar refractivity (Wildman–Crippen MR) is 57.7 cm³/mol. The molecule has 0 fully saturated rings. The first kappa shape index (κ1) is 11.2. The van der Waals surface area contributed by atoms with E-state index in [0.717, 1.165) is 0 Å². The van der Waals surface area contributed by atoms with Crippen LogP contribution in [-0.2, 0) is 0 Å². The molecule has 78 valence electrons. The van der Waals surface area contributed by atoms with Gasteiger partial charge in [-0.05, 0) is 19.1 Å². The van der Waals surface area contributed by atoms with Crippen molar-refractivity contribution < 1.29 is 4.39 Å². The van der Waals surface area contributed by atoms with E-state index in [4.69, 9.17) is 5.26 Å². The van der Waals surface area contributed by atoms with Crippen LogP contribution in [-0.4, -0.2) is 25.3 Å². The molecule has 0 heterocycles. The maximum Gasteiger partial charge on any atom is 0.127 e. The number of benzene rings is 1. The van der Waals surface area contributed by atoms with Crippen LogP contribution in [0.25, 0.3) is 0 Å². The van der Waals surface area contributed by atoms with Gasteiger partial charge in [-0.3, -0.25) is 0 Å². The standard InChI is InChI=1S/C11H12FN3/c1-8-9(6-13)11(5-4-10(8)12)14-7-15(2)3/h4-5,7H,1-3H3. The van der Waals surface area contributed by atoms with E-state index in [-0.39, 0.29) is 11.4 Å². The fourth-order valence-electron chi connectivity index (χ4n) is 1.10. The minimum absolute atomic E-state index is 0.285. The molecule has 1 aromatic rings. The van der Waals surface area contributed by atoms with Crippen molar-refractivity contribution in [2.24, 2.45) is 4.99 Å². The Bertz CT molecular complexity index is 430. The largest absolute Gasteiger partial charge is 0.369 e. The molecule has 3 nitrogen and oxygen atoms in total. The Morgan fingerprint density at radius 2 is 2.13 bits per heavy atom. The van der Waals surface area contributed by atoms with E-state index in [1.54, 1.807) is 18.2 Å². The van der Waals surface area contributed by atoms with Gasteiger partial charge in [-0.1, -0.05) is 0 Å². The van der Waals surface area contributed by atoms with Crippen LogP contribution in [0.4, 0.5) is 10.1 Å². The van der Waals surface area contributed by atoms with E-state index in [0.29, 0.717) is 11.3 Å². The van der Waals surface area contributed by atoms with Gasteiger partial charge in [-0.15, -0.1) is 0 Å². The highest BCUT2D eigenvalue weighted by atomic mass is 19.1. The van der Waals surface area contributed by atoms with Gasteiger partial charge in [-0.2, -0.15) is 5.26 Å². The highest BCUT2D eigenvalue weighted by molar-refractivity contribution is 5.66. The summed E-state index contributed by atoms with van der Waals surface area (Å²) >= 11 is 0. The topological polar surface area (TPSA) is 39.4 Å². The molecule has 0 aliphatic carbocycles. The molecular weight excluding hydrogens is 193 g/mol. The van der Waals surface area contributed by atoms with Crippen LogP contribution in [0, 0.1) is 24.1 Å². The summed E-state index contributed by atoms with van der Waals surface area (Å²) in [5.41, 5.74) is 1.11. The van der Waals surface area contributed by atoms with Gasteiger partial charge in [0.1, 0.15) is 11.9 Å². The van der Waals surface area contributed by atoms with Gasteiger partial charge in [-0.25, -0.2) is 9.38 Å². The lowest BCUT2D eigenvalue weighted by atomic mass is 10.1. The first-order chi connectivity index (χ1) is 7.06. The summed E-state index contributed by atoms with van der Waals surface area (Å²) in [5, 5.41) is 8.88. The monoisotopic (exact) mass is 205 g/mol. The Morgan fingerprint density at radius 3 is 2.67 bits per heavy atom. The third kappa shape index (κ3) is 2.53. The van der Waals surface area contributed by atoms with Gasteiger partial charge < -0.3 is 4.90 Å². The molecule has 0 radical (unpaired) electrons. The van der Waals surface area contributed by atoms with Gasteiger partial charge >= 0.3 is 0 Å². The zero-order valence-corrected chi connectivity index (χ0v) is 8.95. The van der Waals surface area contributed by atoms with E-state index in [1.165, 1.54) is 12.1 Å². The minimum Gasteiger partial charge on any atom is -0.369 e. The molecule has 1 aromatic carbocycles. The van der Waals surface area contributed by atoms with Crippen LogP contribution in [0.15, 0.2) is 17.1 Å². The highest BCUT2D eigenvalue weighted by Gasteiger charge is 2.08. The summed E-state index contributed by atoms with van der Waals surface area (Å²) in [4.78, 5) is 5.84. The summed E-state index contributed by atoms with van der Waals surface area (Å²) in [5.74, 6) is -0.379. The van der Waals surface area contributed by atoms with Crippen LogP contribution in [0.1, 0.15) is 11.1 Å². The van der Waals surface area contributed by atoms with E-state index in [1.807, 2.05) is 20.2 Å². The normalized spacial score (nSPS) is 10.3. The molecule has 0 N–H and O–H groups in total. The third-order valence-corrected chi connectivity index (χ3v) is 1.92. The molecule has 0 aromatic heterocycles. The summed E-state index contributed by atoms with van der Waals surface area (Å²) in [7, 11) is 3.65. The van der Waals surface area contributed by atoms with Crippen molar-refractivity contribution in [1.82, 2.24) is 4.90 Å². The highest BCUT2D eigenvalue weighted by Crippen LogP contribution is 2.23. The molecule has 0 atom stereocenters. The molecule has 0 saturated heterocycles. The quantitative estimate of drug-likeness (QED) is 0.548. The molecule has 15 heavy (non-hydrogen) atoms. The summed E-state index contributed by atoms with van der Waals surface area (Å²) in [6.07, 6.45) is 1.58.